The summed E-state index contributed by atoms with van der Waals surface area (Å²) in [5.74, 6) is 0.115. The summed E-state index contributed by atoms with van der Waals surface area (Å²) in [6.45, 7) is 5.09. The van der Waals surface area contributed by atoms with Gasteiger partial charge in [-0.3, -0.25) is 4.79 Å². The summed E-state index contributed by atoms with van der Waals surface area (Å²) in [7, 11) is -3.66. The number of carbonyl (C=O) groups excluding carboxylic acids is 1. The van der Waals surface area contributed by atoms with E-state index in [0.717, 1.165) is 16.8 Å². The number of sulfonamides is 1. The molecule has 0 aliphatic heterocycles. The monoisotopic (exact) mass is 417 g/mol. The van der Waals surface area contributed by atoms with Crippen LogP contribution in [0.4, 0.5) is 0 Å². The molecule has 1 saturated carbocycles. The topological polar surface area (TPSA) is 94.2 Å². The van der Waals surface area contributed by atoms with Crippen LogP contribution in [0.2, 0.25) is 0 Å². The van der Waals surface area contributed by atoms with E-state index < -0.39 is 10.0 Å². The molecule has 1 heterocycles. The maximum absolute atomic E-state index is 12.7. The minimum Gasteiger partial charge on any atom is -0.345 e. The number of nitrogens with two attached hydrogens (primary N) is 1. The summed E-state index contributed by atoms with van der Waals surface area (Å²) in [4.78, 5) is 12.8. The van der Waals surface area contributed by atoms with E-state index in [1.807, 2.05) is 6.07 Å². The van der Waals surface area contributed by atoms with Gasteiger partial charge in [0.15, 0.2) is 5.78 Å². The van der Waals surface area contributed by atoms with Crippen LogP contribution in [0.25, 0.3) is 0 Å². The molecule has 1 aromatic carbocycles. The second-order valence-corrected chi connectivity index (χ2v) is 9.55. The van der Waals surface area contributed by atoms with Crippen molar-refractivity contribution in [3.05, 3.63) is 52.8 Å². The van der Waals surface area contributed by atoms with Crippen LogP contribution in [0, 0.1) is 13.8 Å². The minimum absolute atomic E-state index is 0.109. The Morgan fingerprint density at radius 2 is 1.79 bits per heavy atom. The molecular formula is C22H31N3O3S. The predicted molar refractivity (Wildman–Crippen MR) is 115 cm³/mol. The summed E-state index contributed by atoms with van der Waals surface area (Å²) < 4.78 is 24.9. The van der Waals surface area contributed by atoms with Crippen molar-refractivity contribution >= 4 is 15.8 Å². The number of aryl methyl sites for hydroxylation is 1. The number of hydrogen-bond donors (Lipinski definition) is 2. The molecule has 158 valence electrons. The zero-order chi connectivity index (χ0) is 21.0. The molecule has 0 radical (unpaired) electrons. The van der Waals surface area contributed by atoms with Crippen LogP contribution in [0.5, 0.6) is 0 Å². The van der Waals surface area contributed by atoms with Crippen LogP contribution in [-0.2, 0) is 16.4 Å². The maximum Gasteiger partial charge on any atom is 0.238 e. The zero-order valence-electron chi connectivity index (χ0n) is 17.3. The van der Waals surface area contributed by atoms with Gasteiger partial charge in [-0.1, -0.05) is 31.4 Å². The van der Waals surface area contributed by atoms with Gasteiger partial charge in [-0.15, -0.1) is 0 Å². The lowest BCUT2D eigenvalue weighted by atomic mass is 9.95. The van der Waals surface area contributed by atoms with E-state index in [2.05, 4.69) is 23.7 Å². The molecule has 2 aromatic rings. The molecule has 6 nitrogen and oxygen atoms in total. The Kier molecular flexibility index (Phi) is 6.93. The molecule has 0 unspecified atom stereocenters. The first-order chi connectivity index (χ1) is 13.8. The molecule has 1 aromatic heterocycles. The van der Waals surface area contributed by atoms with Gasteiger partial charge in [0.25, 0.3) is 0 Å². The third-order valence-corrected chi connectivity index (χ3v) is 6.78. The van der Waals surface area contributed by atoms with Crippen LogP contribution < -0.4 is 10.5 Å². The Morgan fingerprint density at radius 1 is 1.14 bits per heavy atom. The molecule has 3 rings (SSSR count). The molecule has 1 aliphatic rings. The first kappa shape index (κ1) is 21.7. The highest BCUT2D eigenvalue weighted by atomic mass is 32.2. The van der Waals surface area contributed by atoms with Gasteiger partial charge < -0.3 is 9.88 Å². The molecule has 0 bridgehead atoms. The van der Waals surface area contributed by atoms with Crippen molar-refractivity contribution in [1.82, 2.24) is 9.88 Å². The van der Waals surface area contributed by atoms with Crippen LogP contribution in [0.1, 0.15) is 65.5 Å². The summed E-state index contributed by atoms with van der Waals surface area (Å²) in [5, 5.41) is 8.32. The first-order valence-corrected chi connectivity index (χ1v) is 11.9. The predicted octanol–water partition coefficient (Wildman–Crippen LogP) is 3.27. The van der Waals surface area contributed by atoms with Gasteiger partial charge in [-0.2, -0.15) is 0 Å². The van der Waals surface area contributed by atoms with Crippen molar-refractivity contribution in [2.45, 2.75) is 63.3 Å². The molecule has 0 atom stereocenters. The van der Waals surface area contributed by atoms with Crippen molar-refractivity contribution in [1.29, 1.82) is 0 Å². The Balaban J connectivity index is 1.53. The fourth-order valence-electron chi connectivity index (χ4n) is 4.34. The van der Waals surface area contributed by atoms with Crippen molar-refractivity contribution < 1.29 is 13.2 Å². The van der Waals surface area contributed by atoms with Crippen LogP contribution in [-0.4, -0.2) is 31.9 Å². The number of hydrogen-bond acceptors (Lipinski definition) is 4. The number of nitrogens with one attached hydrogen (secondary N) is 1. The minimum atomic E-state index is -3.66. The molecular weight excluding hydrogens is 386 g/mol. The van der Waals surface area contributed by atoms with Crippen molar-refractivity contribution in [2.24, 2.45) is 5.14 Å². The molecule has 1 fully saturated rings. The van der Waals surface area contributed by atoms with E-state index >= 15 is 0 Å². The maximum atomic E-state index is 12.7. The smallest absolute Gasteiger partial charge is 0.238 e. The van der Waals surface area contributed by atoms with Gasteiger partial charge in [0, 0.05) is 23.0 Å². The van der Waals surface area contributed by atoms with Crippen molar-refractivity contribution in [3.63, 3.8) is 0 Å². The van der Waals surface area contributed by atoms with Gasteiger partial charge in [0.05, 0.1) is 11.4 Å². The van der Waals surface area contributed by atoms with E-state index in [4.69, 9.17) is 5.14 Å². The van der Waals surface area contributed by atoms with E-state index in [0.29, 0.717) is 25.6 Å². The second-order valence-electron chi connectivity index (χ2n) is 7.99. The quantitative estimate of drug-likeness (QED) is 0.509. The van der Waals surface area contributed by atoms with E-state index in [1.54, 1.807) is 12.1 Å². The summed E-state index contributed by atoms with van der Waals surface area (Å²) >= 11 is 0. The molecule has 0 amide bonds. The summed E-state index contributed by atoms with van der Waals surface area (Å²) in [5.41, 5.74) is 4.07. The Hall–Kier alpha value is -1.96. The van der Waals surface area contributed by atoms with Crippen LogP contribution in [0.15, 0.2) is 35.2 Å². The number of primary sulfonamides is 1. The van der Waals surface area contributed by atoms with Gasteiger partial charge in [0.2, 0.25) is 10.0 Å². The highest BCUT2D eigenvalue weighted by molar-refractivity contribution is 7.89. The van der Waals surface area contributed by atoms with Crippen LogP contribution in [0.3, 0.4) is 0 Å². The SMILES string of the molecule is Cc1cc(C(=O)CNCCc2ccc(S(N)(=O)=O)cc2)c(C)n1C1CCCCC1. The number of nitrogens with zero attached hydrogens (tertiary/aromatic N) is 1. The lowest BCUT2D eigenvalue weighted by Crippen LogP contribution is -2.25. The van der Waals surface area contributed by atoms with Gasteiger partial charge in [-0.25, -0.2) is 13.6 Å². The Morgan fingerprint density at radius 3 is 2.41 bits per heavy atom. The normalized spacial score (nSPS) is 15.6. The van der Waals surface area contributed by atoms with Crippen molar-refractivity contribution in [2.75, 3.05) is 13.1 Å². The third-order valence-electron chi connectivity index (χ3n) is 5.85. The first-order valence-electron chi connectivity index (χ1n) is 10.3. The van der Waals surface area contributed by atoms with E-state index in [9.17, 15) is 13.2 Å². The third kappa shape index (κ3) is 5.35. The fraction of sp³-hybridized carbons (Fsp3) is 0.500. The second kappa shape index (κ2) is 9.24. The average Bonchev–Trinajstić information content (AvgIpc) is 2.99. The van der Waals surface area contributed by atoms with E-state index in [1.165, 1.54) is 49.9 Å². The molecule has 7 heteroatoms. The zero-order valence-corrected chi connectivity index (χ0v) is 18.1. The fourth-order valence-corrected chi connectivity index (χ4v) is 4.85. The standard InChI is InChI=1S/C22H31N3O3S/c1-16-14-21(17(2)25(16)19-6-4-3-5-7-19)22(26)15-24-13-12-18-8-10-20(11-9-18)29(23,27)28/h8-11,14,19,24H,3-7,12-13,15H2,1-2H3,(H2,23,27,28). The highest BCUT2D eigenvalue weighted by Crippen LogP contribution is 2.32. The Labute approximate surface area is 173 Å². The molecule has 0 spiro atoms. The van der Waals surface area contributed by atoms with Gasteiger partial charge >= 0.3 is 0 Å². The average molecular weight is 418 g/mol. The molecule has 29 heavy (non-hydrogen) atoms. The summed E-state index contributed by atoms with van der Waals surface area (Å²) in [6.07, 6.45) is 6.96. The number of ketones is 1. The molecule has 0 saturated heterocycles. The van der Waals surface area contributed by atoms with Crippen LogP contribution >= 0.6 is 0 Å². The number of Topliss-reactive ketones (excluding diaryl/α,β-unsaturated/α-hetero) is 1. The Bertz CT molecular complexity index is 956. The van der Waals surface area contributed by atoms with Crippen molar-refractivity contribution in [3.8, 4) is 0 Å². The van der Waals surface area contributed by atoms with E-state index in [-0.39, 0.29) is 10.7 Å². The number of aromatic nitrogens is 1. The molecule has 1 aliphatic carbocycles. The highest BCUT2D eigenvalue weighted by Gasteiger charge is 2.22. The number of benzene rings is 1. The van der Waals surface area contributed by atoms with Gasteiger partial charge in [0.1, 0.15) is 0 Å². The largest absolute Gasteiger partial charge is 0.345 e. The van der Waals surface area contributed by atoms with Gasteiger partial charge in [-0.05, 0) is 63.4 Å². The lowest BCUT2D eigenvalue weighted by molar-refractivity contribution is 0.0990. The number of rotatable bonds is 8. The number of carbonyl (C=O) groups is 1. The molecule has 3 N–H and O–H groups in total. The lowest BCUT2D eigenvalue weighted by Gasteiger charge is -2.26. The summed E-state index contributed by atoms with van der Waals surface area (Å²) in [6, 6.07) is 9.08.